The predicted octanol–water partition coefficient (Wildman–Crippen LogP) is 2.05. The molecule has 4 heteroatoms. The summed E-state index contributed by atoms with van der Waals surface area (Å²) in [6.45, 7) is 2.51. The standard InChI is InChI=1S/C7H9NO2S/c1-2-10-7-4-3-6(11-9)5-8-7/h3-5,9H,2H2,1H3. The van der Waals surface area contributed by atoms with Crippen LogP contribution in [0.15, 0.2) is 23.2 Å². The average molecular weight is 171 g/mol. The minimum atomic E-state index is 0.588. The third-order valence-electron chi connectivity index (χ3n) is 1.11. The molecule has 1 heterocycles. The van der Waals surface area contributed by atoms with Gasteiger partial charge in [0.1, 0.15) is 0 Å². The highest BCUT2D eigenvalue weighted by molar-refractivity contribution is 7.93. The van der Waals surface area contributed by atoms with E-state index in [9.17, 15) is 0 Å². The first-order valence-corrected chi connectivity index (χ1v) is 4.04. The normalized spacial score (nSPS) is 9.64. The van der Waals surface area contributed by atoms with Gasteiger partial charge >= 0.3 is 0 Å². The van der Waals surface area contributed by atoms with E-state index in [0.29, 0.717) is 29.4 Å². The third-order valence-corrected chi connectivity index (χ3v) is 1.56. The Morgan fingerprint density at radius 3 is 2.91 bits per heavy atom. The molecule has 0 atom stereocenters. The maximum Gasteiger partial charge on any atom is 0.213 e. The van der Waals surface area contributed by atoms with Crippen LogP contribution in [0.2, 0.25) is 0 Å². The SMILES string of the molecule is CCOc1ccc(SO)cn1. The summed E-state index contributed by atoms with van der Waals surface area (Å²) < 4.78 is 13.7. The molecule has 0 aliphatic carbocycles. The molecule has 0 aliphatic heterocycles. The molecule has 1 aromatic heterocycles. The summed E-state index contributed by atoms with van der Waals surface area (Å²) in [4.78, 5) is 4.65. The molecule has 0 aliphatic rings. The molecule has 0 amide bonds. The summed E-state index contributed by atoms with van der Waals surface area (Å²) in [5.74, 6) is 0.588. The van der Waals surface area contributed by atoms with Crippen molar-refractivity contribution < 1.29 is 9.29 Å². The molecule has 0 fully saturated rings. The van der Waals surface area contributed by atoms with Gasteiger partial charge in [0.2, 0.25) is 5.88 Å². The van der Waals surface area contributed by atoms with Crippen LogP contribution in [0, 0.1) is 0 Å². The molecule has 0 bridgehead atoms. The van der Waals surface area contributed by atoms with E-state index in [0.717, 1.165) is 0 Å². The van der Waals surface area contributed by atoms with Gasteiger partial charge in [-0.25, -0.2) is 4.98 Å². The van der Waals surface area contributed by atoms with Gasteiger partial charge < -0.3 is 9.29 Å². The molecule has 3 nitrogen and oxygen atoms in total. The van der Waals surface area contributed by atoms with Gasteiger partial charge in [0.25, 0.3) is 0 Å². The Kier molecular flexibility index (Phi) is 3.19. The zero-order valence-electron chi connectivity index (χ0n) is 6.15. The molecule has 0 saturated carbocycles. The van der Waals surface area contributed by atoms with Crippen LogP contribution in [0.3, 0.4) is 0 Å². The van der Waals surface area contributed by atoms with Gasteiger partial charge in [-0.1, -0.05) is 0 Å². The molecule has 1 N–H and O–H groups in total. The molecule has 11 heavy (non-hydrogen) atoms. The lowest BCUT2D eigenvalue weighted by molar-refractivity contribution is 0.326. The molecule has 60 valence electrons. The van der Waals surface area contributed by atoms with E-state index in [1.54, 1.807) is 18.3 Å². The first-order chi connectivity index (χ1) is 5.36. The molecule has 1 aromatic rings. The summed E-state index contributed by atoms with van der Waals surface area (Å²) in [6, 6.07) is 3.48. The van der Waals surface area contributed by atoms with Gasteiger partial charge in [0, 0.05) is 24.3 Å². The van der Waals surface area contributed by atoms with Gasteiger partial charge in [-0.15, -0.1) is 0 Å². The predicted molar refractivity (Wildman–Crippen MR) is 43.9 cm³/mol. The van der Waals surface area contributed by atoms with Crippen molar-refractivity contribution in [2.45, 2.75) is 11.8 Å². The van der Waals surface area contributed by atoms with E-state index in [2.05, 4.69) is 4.98 Å². The lowest BCUT2D eigenvalue weighted by atomic mass is 10.5. The van der Waals surface area contributed by atoms with Crippen LogP contribution in [-0.4, -0.2) is 16.1 Å². The molecular weight excluding hydrogens is 162 g/mol. The van der Waals surface area contributed by atoms with Gasteiger partial charge in [0.05, 0.1) is 11.5 Å². The first-order valence-electron chi connectivity index (χ1n) is 3.27. The van der Waals surface area contributed by atoms with Crippen LogP contribution in [0.4, 0.5) is 0 Å². The Hall–Kier alpha value is -0.740. The number of hydrogen-bond donors (Lipinski definition) is 1. The van der Waals surface area contributed by atoms with Crippen LogP contribution >= 0.6 is 12.0 Å². The van der Waals surface area contributed by atoms with E-state index < -0.39 is 0 Å². The molecule has 0 saturated heterocycles. The fraction of sp³-hybridized carbons (Fsp3) is 0.286. The molecule has 0 unspecified atom stereocenters. The van der Waals surface area contributed by atoms with Crippen LogP contribution in [0.25, 0.3) is 0 Å². The van der Waals surface area contributed by atoms with Crippen molar-refractivity contribution >= 4 is 12.0 Å². The van der Waals surface area contributed by atoms with E-state index in [1.165, 1.54) is 0 Å². The van der Waals surface area contributed by atoms with E-state index in [1.807, 2.05) is 6.92 Å². The van der Waals surface area contributed by atoms with Crippen molar-refractivity contribution in [1.82, 2.24) is 4.98 Å². The van der Waals surface area contributed by atoms with Crippen LogP contribution in [0.5, 0.6) is 5.88 Å². The Balaban J connectivity index is 2.66. The Morgan fingerprint density at radius 2 is 2.45 bits per heavy atom. The number of ether oxygens (including phenoxy) is 1. The second-order valence-corrected chi connectivity index (χ2v) is 2.51. The zero-order chi connectivity index (χ0) is 8.10. The van der Waals surface area contributed by atoms with Crippen molar-refractivity contribution in [3.8, 4) is 5.88 Å². The molecular formula is C7H9NO2S. The third kappa shape index (κ3) is 2.40. The zero-order valence-corrected chi connectivity index (χ0v) is 6.97. The summed E-state index contributed by atoms with van der Waals surface area (Å²) >= 11 is 0.678. The first kappa shape index (κ1) is 8.36. The minimum absolute atomic E-state index is 0.588. The van der Waals surface area contributed by atoms with Crippen molar-refractivity contribution in [3.63, 3.8) is 0 Å². The fourth-order valence-corrected chi connectivity index (χ4v) is 0.883. The van der Waals surface area contributed by atoms with Gasteiger partial charge in [0.15, 0.2) is 0 Å². The van der Waals surface area contributed by atoms with Crippen molar-refractivity contribution in [3.05, 3.63) is 18.3 Å². The highest BCUT2D eigenvalue weighted by Gasteiger charge is 1.93. The monoisotopic (exact) mass is 171 g/mol. The summed E-state index contributed by atoms with van der Waals surface area (Å²) in [6.07, 6.45) is 1.57. The van der Waals surface area contributed by atoms with Crippen LogP contribution < -0.4 is 4.74 Å². The second-order valence-electron chi connectivity index (χ2n) is 1.86. The van der Waals surface area contributed by atoms with Crippen LogP contribution in [-0.2, 0) is 0 Å². The summed E-state index contributed by atoms with van der Waals surface area (Å²) in [5, 5.41) is 0. The Labute approximate surface area is 69.6 Å². The molecule has 0 aromatic carbocycles. The van der Waals surface area contributed by atoms with Crippen molar-refractivity contribution in [1.29, 1.82) is 0 Å². The highest BCUT2D eigenvalue weighted by atomic mass is 32.2. The topological polar surface area (TPSA) is 42.4 Å². The number of hydrogen-bond acceptors (Lipinski definition) is 4. The number of rotatable bonds is 3. The van der Waals surface area contributed by atoms with Crippen molar-refractivity contribution in [2.24, 2.45) is 0 Å². The maximum absolute atomic E-state index is 8.59. The average Bonchev–Trinajstić information content (AvgIpc) is 2.07. The molecule has 1 rings (SSSR count). The van der Waals surface area contributed by atoms with E-state index in [-0.39, 0.29) is 0 Å². The number of nitrogens with zero attached hydrogens (tertiary/aromatic N) is 1. The van der Waals surface area contributed by atoms with Gasteiger partial charge in [-0.3, -0.25) is 0 Å². The second kappa shape index (κ2) is 4.20. The number of pyridine rings is 1. The number of aromatic nitrogens is 1. The maximum atomic E-state index is 8.59. The van der Waals surface area contributed by atoms with Gasteiger partial charge in [-0.2, -0.15) is 0 Å². The van der Waals surface area contributed by atoms with Crippen molar-refractivity contribution in [2.75, 3.05) is 6.61 Å². The Morgan fingerprint density at radius 1 is 1.64 bits per heavy atom. The smallest absolute Gasteiger partial charge is 0.213 e. The van der Waals surface area contributed by atoms with Crippen LogP contribution in [0.1, 0.15) is 6.92 Å². The van der Waals surface area contributed by atoms with Gasteiger partial charge in [-0.05, 0) is 13.0 Å². The highest BCUT2D eigenvalue weighted by Crippen LogP contribution is 2.15. The summed E-state index contributed by atoms with van der Waals surface area (Å²) in [7, 11) is 0. The quantitative estimate of drug-likeness (QED) is 0.707. The van der Waals surface area contributed by atoms with E-state index in [4.69, 9.17) is 9.29 Å². The van der Waals surface area contributed by atoms with E-state index >= 15 is 0 Å². The lowest BCUT2D eigenvalue weighted by Crippen LogP contribution is -1.93. The molecule has 0 radical (unpaired) electrons. The fourth-order valence-electron chi connectivity index (χ4n) is 0.654. The minimum Gasteiger partial charge on any atom is -0.478 e. The summed E-state index contributed by atoms with van der Waals surface area (Å²) in [5.41, 5.74) is 0. The molecule has 0 spiro atoms. The largest absolute Gasteiger partial charge is 0.478 e. The lowest BCUT2D eigenvalue weighted by Gasteiger charge is -2.00. The Bertz CT molecular complexity index is 212.